The second kappa shape index (κ2) is 8.76. The Morgan fingerprint density at radius 2 is 1.87 bits per heavy atom. The summed E-state index contributed by atoms with van der Waals surface area (Å²) in [5, 5.41) is 9.03. The number of urea groups is 1. The summed E-state index contributed by atoms with van der Waals surface area (Å²) >= 11 is 0. The predicted octanol–water partition coefficient (Wildman–Crippen LogP) is 4.15. The van der Waals surface area contributed by atoms with Crippen LogP contribution in [0, 0.1) is 0 Å². The van der Waals surface area contributed by atoms with Gasteiger partial charge in [-0.25, -0.2) is 4.79 Å². The van der Waals surface area contributed by atoms with E-state index in [2.05, 4.69) is 20.8 Å². The van der Waals surface area contributed by atoms with Crippen LogP contribution in [0.1, 0.15) is 17.8 Å². The smallest absolute Gasteiger partial charge is 0.334 e. The zero-order valence-corrected chi connectivity index (χ0v) is 16.4. The SMILES string of the molecule is O=C(Nc1ccccc1C(F)(F)F)NC1CCN(Cc2noc(-c3ccccc3)n2)C1. The van der Waals surface area contributed by atoms with E-state index in [1.165, 1.54) is 18.2 Å². The molecule has 162 valence electrons. The van der Waals surface area contributed by atoms with Gasteiger partial charge in [0.1, 0.15) is 0 Å². The molecule has 1 unspecified atom stereocenters. The number of carbonyl (C=O) groups excluding carboxylic acids is 1. The molecule has 2 N–H and O–H groups in total. The van der Waals surface area contributed by atoms with Crippen molar-refractivity contribution in [3.05, 3.63) is 66.0 Å². The summed E-state index contributed by atoms with van der Waals surface area (Å²) in [6.07, 6.45) is -3.88. The zero-order chi connectivity index (χ0) is 21.8. The second-order valence-corrected chi connectivity index (χ2v) is 7.24. The molecule has 31 heavy (non-hydrogen) atoms. The first-order valence-corrected chi connectivity index (χ1v) is 9.72. The van der Waals surface area contributed by atoms with Crippen molar-refractivity contribution in [2.45, 2.75) is 25.2 Å². The lowest BCUT2D eigenvalue weighted by atomic mass is 10.1. The molecule has 10 heteroatoms. The lowest BCUT2D eigenvalue weighted by molar-refractivity contribution is -0.136. The van der Waals surface area contributed by atoms with Gasteiger partial charge in [-0.15, -0.1) is 0 Å². The molecule has 2 aromatic carbocycles. The van der Waals surface area contributed by atoms with Crippen LogP contribution in [0.2, 0.25) is 0 Å². The van der Waals surface area contributed by atoms with Crippen LogP contribution < -0.4 is 10.6 Å². The highest BCUT2D eigenvalue weighted by Gasteiger charge is 2.34. The summed E-state index contributed by atoms with van der Waals surface area (Å²) in [5.41, 5.74) is -0.329. The Labute approximate surface area is 176 Å². The van der Waals surface area contributed by atoms with E-state index in [0.717, 1.165) is 11.6 Å². The number of nitrogens with one attached hydrogen (secondary N) is 2. The van der Waals surface area contributed by atoms with Crippen LogP contribution in [0.25, 0.3) is 11.5 Å². The van der Waals surface area contributed by atoms with Crippen LogP contribution in [-0.2, 0) is 12.7 Å². The maximum Gasteiger partial charge on any atom is 0.418 e. The Morgan fingerprint density at radius 1 is 1.13 bits per heavy atom. The van der Waals surface area contributed by atoms with Gasteiger partial charge in [-0.2, -0.15) is 18.2 Å². The number of halogens is 3. The van der Waals surface area contributed by atoms with E-state index in [1.54, 1.807) is 0 Å². The van der Waals surface area contributed by atoms with E-state index in [0.29, 0.717) is 37.8 Å². The van der Waals surface area contributed by atoms with Crippen LogP contribution in [0.5, 0.6) is 0 Å². The fourth-order valence-electron chi connectivity index (χ4n) is 3.49. The lowest BCUT2D eigenvalue weighted by Crippen LogP contribution is -2.40. The molecule has 3 aromatic rings. The summed E-state index contributed by atoms with van der Waals surface area (Å²) in [6.45, 7) is 1.68. The number of hydrogen-bond acceptors (Lipinski definition) is 5. The van der Waals surface area contributed by atoms with Crippen molar-refractivity contribution in [1.29, 1.82) is 0 Å². The van der Waals surface area contributed by atoms with Crippen molar-refractivity contribution < 1.29 is 22.5 Å². The minimum Gasteiger partial charge on any atom is -0.334 e. The van der Waals surface area contributed by atoms with Gasteiger partial charge in [-0.3, -0.25) is 4.90 Å². The van der Waals surface area contributed by atoms with Crippen molar-refractivity contribution in [2.24, 2.45) is 0 Å². The minimum atomic E-state index is -4.54. The standard InChI is InChI=1S/C21H20F3N5O2/c22-21(23,24)16-8-4-5-9-17(16)26-20(30)25-15-10-11-29(12-15)13-18-27-19(31-28-18)14-6-2-1-3-7-14/h1-9,15H,10-13H2,(H2,25,26,30). The minimum absolute atomic E-state index is 0.196. The van der Waals surface area contributed by atoms with Crippen LogP contribution in [0.3, 0.4) is 0 Å². The molecular formula is C21H20F3N5O2. The van der Waals surface area contributed by atoms with E-state index in [4.69, 9.17) is 4.52 Å². The van der Waals surface area contributed by atoms with Crippen molar-refractivity contribution in [2.75, 3.05) is 18.4 Å². The third-order valence-electron chi connectivity index (χ3n) is 4.94. The normalized spacial score (nSPS) is 16.9. The van der Waals surface area contributed by atoms with Crippen molar-refractivity contribution in [3.63, 3.8) is 0 Å². The molecule has 7 nitrogen and oxygen atoms in total. The van der Waals surface area contributed by atoms with Gasteiger partial charge in [-0.1, -0.05) is 35.5 Å². The van der Waals surface area contributed by atoms with Crippen LogP contribution in [0.15, 0.2) is 59.1 Å². The third-order valence-corrected chi connectivity index (χ3v) is 4.94. The average Bonchev–Trinajstić information content (AvgIpc) is 3.38. The highest BCUT2D eigenvalue weighted by Crippen LogP contribution is 2.34. The van der Waals surface area contributed by atoms with Gasteiger partial charge in [0.25, 0.3) is 5.89 Å². The molecule has 0 saturated carbocycles. The van der Waals surface area contributed by atoms with Gasteiger partial charge in [0.05, 0.1) is 17.8 Å². The van der Waals surface area contributed by atoms with Crippen LogP contribution in [0.4, 0.5) is 23.7 Å². The quantitative estimate of drug-likeness (QED) is 0.634. The van der Waals surface area contributed by atoms with E-state index >= 15 is 0 Å². The Bertz CT molecular complexity index is 1040. The topological polar surface area (TPSA) is 83.3 Å². The summed E-state index contributed by atoms with van der Waals surface area (Å²) in [5.74, 6) is 0.968. The van der Waals surface area contributed by atoms with Crippen LogP contribution >= 0.6 is 0 Å². The van der Waals surface area contributed by atoms with Gasteiger partial charge in [0.2, 0.25) is 0 Å². The molecule has 0 spiro atoms. The number of benzene rings is 2. The Kier molecular flexibility index (Phi) is 5.90. The Morgan fingerprint density at radius 3 is 2.65 bits per heavy atom. The monoisotopic (exact) mass is 431 g/mol. The number of rotatable bonds is 5. The first-order valence-electron chi connectivity index (χ1n) is 9.72. The molecule has 1 aliphatic rings. The largest absolute Gasteiger partial charge is 0.418 e. The van der Waals surface area contributed by atoms with Gasteiger partial charge < -0.3 is 15.2 Å². The van der Waals surface area contributed by atoms with E-state index in [9.17, 15) is 18.0 Å². The summed E-state index contributed by atoms with van der Waals surface area (Å²) in [7, 11) is 0. The predicted molar refractivity (Wildman–Crippen MR) is 107 cm³/mol. The Balaban J connectivity index is 1.30. The number of carbonyl (C=O) groups is 1. The first-order chi connectivity index (χ1) is 14.9. The van der Waals surface area contributed by atoms with Gasteiger partial charge in [0.15, 0.2) is 5.82 Å². The molecule has 1 aliphatic heterocycles. The fourth-order valence-corrected chi connectivity index (χ4v) is 3.49. The molecule has 0 aliphatic carbocycles. The number of nitrogens with zero attached hydrogens (tertiary/aromatic N) is 3. The number of para-hydroxylation sites is 1. The summed E-state index contributed by atoms with van der Waals surface area (Å²) in [4.78, 5) is 18.7. The van der Waals surface area contributed by atoms with Crippen LogP contribution in [-0.4, -0.2) is 40.2 Å². The van der Waals surface area contributed by atoms with E-state index in [-0.39, 0.29) is 11.7 Å². The summed E-state index contributed by atoms with van der Waals surface area (Å²) in [6, 6.07) is 13.4. The third kappa shape index (κ3) is 5.21. The van der Waals surface area contributed by atoms with Gasteiger partial charge in [-0.05, 0) is 30.7 Å². The molecule has 1 fully saturated rings. The maximum atomic E-state index is 13.1. The average molecular weight is 431 g/mol. The van der Waals surface area contributed by atoms with Crippen molar-refractivity contribution in [3.8, 4) is 11.5 Å². The molecule has 2 amide bonds. The number of anilines is 1. The van der Waals surface area contributed by atoms with Crippen molar-refractivity contribution in [1.82, 2.24) is 20.4 Å². The number of alkyl halides is 3. The van der Waals surface area contributed by atoms with Crippen molar-refractivity contribution >= 4 is 11.7 Å². The molecule has 1 aromatic heterocycles. The zero-order valence-electron chi connectivity index (χ0n) is 16.4. The van der Waals surface area contributed by atoms with E-state index < -0.39 is 17.8 Å². The first kappa shape index (κ1) is 20.9. The van der Waals surface area contributed by atoms with Gasteiger partial charge in [0, 0.05) is 24.7 Å². The molecule has 1 atom stereocenters. The molecule has 0 bridgehead atoms. The number of aromatic nitrogens is 2. The second-order valence-electron chi connectivity index (χ2n) is 7.24. The molecular weight excluding hydrogens is 411 g/mol. The highest BCUT2D eigenvalue weighted by molar-refractivity contribution is 5.90. The van der Waals surface area contributed by atoms with Gasteiger partial charge >= 0.3 is 12.2 Å². The Hall–Kier alpha value is -3.40. The number of amides is 2. The summed E-state index contributed by atoms with van der Waals surface area (Å²) < 4.78 is 44.5. The number of likely N-dealkylation sites (tertiary alicyclic amines) is 1. The fraction of sp³-hybridized carbons (Fsp3) is 0.286. The molecule has 0 radical (unpaired) electrons. The molecule has 4 rings (SSSR count). The number of hydrogen-bond donors (Lipinski definition) is 2. The van der Waals surface area contributed by atoms with E-state index in [1.807, 2.05) is 35.2 Å². The molecule has 1 saturated heterocycles. The lowest BCUT2D eigenvalue weighted by Gasteiger charge is -2.17. The molecule has 2 heterocycles. The maximum absolute atomic E-state index is 13.1. The highest BCUT2D eigenvalue weighted by atomic mass is 19.4.